The van der Waals surface area contributed by atoms with Gasteiger partial charge in [-0.25, -0.2) is 0 Å². The molecule has 0 aliphatic carbocycles. The third-order valence-corrected chi connectivity index (χ3v) is 4.50. The Balaban J connectivity index is 0.00000108. The molecule has 3 rings (SSSR count). The molecule has 0 unspecified atom stereocenters. The van der Waals surface area contributed by atoms with Crippen molar-refractivity contribution >= 4 is 29.7 Å². The fraction of sp³-hybridized carbons (Fsp3) is 0.583. The minimum atomic E-state index is 0. The second-order valence-electron chi connectivity index (χ2n) is 4.53. The predicted molar refractivity (Wildman–Crippen MR) is 71.7 cm³/mol. The highest BCUT2D eigenvalue weighted by Gasteiger charge is 2.29. The summed E-state index contributed by atoms with van der Waals surface area (Å²) >= 11 is 1.82. The molecule has 5 heteroatoms. The topological polar surface area (TPSA) is 32.3 Å². The number of hydrogen-bond acceptors (Lipinski definition) is 3. The van der Waals surface area contributed by atoms with Crippen LogP contribution in [-0.4, -0.2) is 29.9 Å². The van der Waals surface area contributed by atoms with E-state index in [9.17, 15) is 4.79 Å². The first-order valence-electron chi connectivity index (χ1n) is 5.92. The van der Waals surface area contributed by atoms with Crippen LogP contribution in [0.25, 0.3) is 0 Å². The third-order valence-electron chi connectivity index (χ3n) is 3.48. The molecule has 0 radical (unpaired) electrons. The van der Waals surface area contributed by atoms with E-state index in [4.69, 9.17) is 0 Å². The Bertz CT molecular complexity index is 401. The maximum Gasteiger partial charge on any atom is 0.240 e. The number of hydrogen-bond donors (Lipinski definition) is 1. The van der Waals surface area contributed by atoms with Crippen molar-refractivity contribution in [1.82, 2.24) is 10.2 Å². The van der Waals surface area contributed by atoms with E-state index < -0.39 is 0 Å². The molecule has 17 heavy (non-hydrogen) atoms. The maximum atomic E-state index is 12.2. The van der Waals surface area contributed by atoms with Crippen LogP contribution in [0.5, 0.6) is 0 Å². The Morgan fingerprint density at radius 1 is 1.53 bits per heavy atom. The van der Waals surface area contributed by atoms with Crippen molar-refractivity contribution in [3.05, 3.63) is 21.9 Å². The van der Waals surface area contributed by atoms with E-state index in [0.29, 0.717) is 5.91 Å². The number of carbonyl (C=O) groups excluding carboxylic acids is 1. The molecule has 1 aromatic heterocycles. The molecule has 94 valence electrons. The van der Waals surface area contributed by atoms with Crippen molar-refractivity contribution in [2.45, 2.75) is 31.8 Å². The van der Waals surface area contributed by atoms with Crippen LogP contribution in [0.2, 0.25) is 0 Å². The minimum absolute atomic E-state index is 0. The summed E-state index contributed by atoms with van der Waals surface area (Å²) < 4.78 is 0. The van der Waals surface area contributed by atoms with E-state index in [0.717, 1.165) is 38.9 Å². The summed E-state index contributed by atoms with van der Waals surface area (Å²) in [7, 11) is 0. The van der Waals surface area contributed by atoms with E-state index in [1.807, 2.05) is 16.2 Å². The summed E-state index contributed by atoms with van der Waals surface area (Å²) in [6.07, 6.45) is 3.17. The molecule has 1 aromatic rings. The number of thiophene rings is 1. The number of halogens is 1. The van der Waals surface area contributed by atoms with Gasteiger partial charge in [-0.1, -0.05) is 0 Å². The first kappa shape index (κ1) is 12.9. The van der Waals surface area contributed by atoms with Gasteiger partial charge in [0.2, 0.25) is 5.91 Å². The number of fused-ring (bicyclic) bond motifs is 1. The van der Waals surface area contributed by atoms with Crippen LogP contribution < -0.4 is 5.32 Å². The normalized spacial score (nSPS) is 23.1. The zero-order valence-corrected chi connectivity index (χ0v) is 11.3. The second kappa shape index (κ2) is 5.38. The molecule has 0 saturated carbocycles. The van der Waals surface area contributed by atoms with Gasteiger partial charge in [0.25, 0.3) is 0 Å². The van der Waals surface area contributed by atoms with Crippen LogP contribution in [0, 0.1) is 0 Å². The van der Waals surface area contributed by atoms with E-state index in [-0.39, 0.29) is 18.4 Å². The fourth-order valence-electron chi connectivity index (χ4n) is 2.55. The number of nitrogens with zero attached hydrogens (tertiary/aromatic N) is 1. The molecule has 2 aliphatic heterocycles. The Morgan fingerprint density at radius 2 is 2.41 bits per heavy atom. The van der Waals surface area contributed by atoms with E-state index in [2.05, 4.69) is 16.8 Å². The van der Waals surface area contributed by atoms with Gasteiger partial charge in [-0.05, 0) is 42.8 Å². The van der Waals surface area contributed by atoms with E-state index in [1.165, 1.54) is 10.4 Å². The molecule has 2 aliphatic rings. The first-order valence-corrected chi connectivity index (χ1v) is 6.80. The zero-order valence-electron chi connectivity index (χ0n) is 9.65. The molecular formula is C12H17ClN2OS. The lowest BCUT2D eigenvalue weighted by Gasteiger charge is -2.29. The van der Waals surface area contributed by atoms with E-state index in [1.54, 1.807) is 0 Å². The van der Waals surface area contributed by atoms with Crippen molar-refractivity contribution in [3.8, 4) is 0 Å². The van der Waals surface area contributed by atoms with Crippen LogP contribution in [0.15, 0.2) is 11.4 Å². The van der Waals surface area contributed by atoms with Crippen LogP contribution >= 0.6 is 23.7 Å². The van der Waals surface area contributed by atoms with Gasteiger partial charge >= 0.3 is 0 Å². The van der Waals surface area contributed by atoms with Gasteiger partial charge in [-0.2, -0.15) is 0 Å². The highest BCUT2D eigenvalue weighted by Crippen LogP contribution is 2.24. The lowest BCUT2D eigenvalue weighted by atomic mass is 10.1. The smallest absolute Gasteiger partial charge is 0.240 e. The summed E-state index contributed by atoms with van der Waals surface area (Å²) in [4.78, 5) is 15.7. The molecule has 0 aromatic carbocycles. The third kappa shape index (κ3) is 2.49. The summed E-state index contributed by atoms with van der Waals surface area (Å²) in [6, 6.07) is 2.24. The first-order chi connectivity index (χ1) is 7.84. The van der Waals surface area contributed by atoms with Gasteiger partial charge < -0.3 is 10.2 Å². The summed E-state index contributed by atoms with van der Waals surface area (Å²) in [6.45, 7) is 2.70. The maximum absolute atomic E-state index is 12.2. The van der Waals surface area contributed by atoms with Crippen LogP contribution in [0.3, 0.4) is 0 Å². The molecule has 1 N–H and O–H groups in total. The molecule has 0 spiro atoms. The molecule has 1 atom stereocenters. The Labute approximate surface area is 112 Å². The van der Waals surface area contributed by atoms with Gasteiger partial charge in [0.1, 0.15) is 0 Å². The SMILES string of the molecule is Cl.O=C([C@@H]1CCCN1)N1CCc2sccc2C1. The second-order valence-corrected chi connectivity index (χ2v) is 5.53. The number of amides is 1. The van der Waals surface area contributed by atoms with Gasteiger partial charge in [0.05, 0.1) is 6.04 Å². The highest BCUT2D eigenvalue weighted by atomic mass is 35.5. The van der Waals surface area contributed by atoms with Gasteiger partial charge in [0.15, 0.2) is 0 Å². The number of nitrogens with one attached hydrogen (secondary N) is 1. The van der Waals surface area contributed by atoms with Crippen LogP contribution in [0.1, 0.15) is 23.3 Å². The van der Waals surface area contributed by atoms with Crippen molar-refractivity contribution in [2.24, 2.45) is 0 Å². The largest absolute Gasteiger partial charge is 0.337 e. The summed E-state index contributed by atoms with van der Waals surface area (Å²) in [5, 5.41) is 5.41. The lowest BCUT2D eigenvalue weighted by molar-refractivity contribution is -0.134. The van der Waals surface area contributed by atoms with Crippen LogP contribution in [-0.2, 0) is 17.8 Å². The van der Waals surface area contributed by atoms with Gasteiger partial charge in [-0.3, -0.25) is 4.79 Å². The molecule has 1 fully saturated rings. The average molecular weight is 273 g/mol. The van der Waals surface area contributed by atoms with Crippen molar-refractivity contribution in [1.29, 1.82) is 0 Å². The van der Waals surface area contributed by atoms with Crippen LogP contribution in [0.4, 0.5) is 0 Å². The summed E-state index contributed by atoms with van der Waals surface area (Å²) in [5.74, 6) is 0.300. The molecular weight excluding hydrogens is 256 g/mol. The quantitative estimate of drug-likeness (QED) is 0.846. The van der Waals surface area contributed by atoms with Gasteiger partial charge in [-0.15, -0.1) is 23.7 Å². The zero-order chi connectivity index (χ0) is 11.0. The number of carbonyl (C=O) groups is 1. The Kier molecular flexibility index (Phi) is 4.07. The predicted octanol–water partition coefficient (Wildman–Crippen LogP) is 1.81. The molecule has 1 saturated heterocycles. The minimum Gasteiger partial charge on any atom is -0.337 e. The van der Waals surface area contributed by atoms with Crippen molar-refractivity contribution < 1.29 is 4.79 Å². The number of rotatable bonds is 1. The molecule has 3 nitrogen and oxygen atoms in total. The van der Waals surface area contributed by atoms with Gasteiger partial charge in [0, 0.05) is 18.0 Å². The Hall–Kier alpha value is -0.580. The fourth-order valence-corrected chi connectivity index (χ4v) is 3.44. The Morgan fingerprint density at radius 3 is 3.18 bits per heavy atom. The average Bonchev–Trinajstić information content (AvgIpc) is 2.98. The lowest BCUT2D eigenvalue weighted by Crippen LogP contribution is -2.45. The monoisotopic (exact) mass is 272 g/mol. The van der Waals surface area contributed by atoms with E-state index >= 15 is 0 Å². The molecule has 1 amide bonds. The van der Waals surface area contributed by atoms with Crippen molar-refractivity contribution in [2.75, 3.05) is 13.1 Å². The highest BCUT2D eigenvalue weighted by molar-refractivity contribution is 7.10. The van der Waals surface area contributed by atoms with Crippen molar-refractivity contribution in [3.63, 3.8) is 0 Å². The summed E-state index contributed by atoms with van der Waals surface area (Å²) in [5.41, 5.74) is 1.35. The molecule has 0 bridgehead atoms. The standard InChI is InChI=1S/C12H16N2OS.ClH/c15-12(10-2-1-5-13-10)14-6-3-11-9(8-14)4-7-16-11;/h4,7,10,13H,1-3,5-6,8H2;1H/t10-;/m0./s1. The molecule has 3 heterocycles.